The normalized spacial score (nSPS) is 18.7. The zero-order valence-electron chi connectivity index (χ0n) is 8.94. The van der Waals surface area contributed by atoms with E-state index in [-0.39, 0.29) is 18.9 Å². The summed E-state index contributed by atoms with van der Waals surface area (Å²) < 4.78 is 5.16. The molecule has 1 N–H and O–H groups in total. The summed E-state index contributed by atoms with van der Waals surface area (Å²) in [6, 6.07) is 0. The largest absolute Gasteiger partial charge is 0.481 e. The maximum absolute atomic E-state index is 11.2. The first-order valence-electron chi connectivity index (χ1n) is 5.17. The van der Waals surface area contributed by atoms with Crippen LogP contribution in [0, 0.1) is 0 Å². The van der Waals surface area contributed by atoms with E-state index in [1.54, 1.807) is 0 Å². The summed E-state index contributed by atoms with van der Waals surface area (Å²) in [4.78, 5) is 23.6. The molecule has 0 spiro atoms. The maximum Gasteiger partial charge on any atom is 0.306 e. The van der Waals surface area contributed by atoms with E-state index in [4.69, 9.17) is 9.84 Å². The highest BCUT2D eigenvalue weighted by atomic mass is 16.5. The molecule has 5 nitrogen and oxygen atoms in total. The van der Waals surface area contributed by atoms with Gasteiger partial charge in [-0.1, -0.05) is 0 Å². The van der Waals surface area contributed by atoms with Gasteiger partial charge in [0.2, 0.25) is 0 Å². The van der Waals surface area contributed by atoms with Crippen LogP contribution in [0.5, 0.6) is 0 Å². The van der Waals surface area contributed by atoms with Crippen LogP contribution in [0.15, 0.2) is 0 Å². The minimum atomic E-state index is -0.963. The highest BCUT2D eigenvalue weighted by Crippen LogP contribution is 2.13. The number of hydrogen-bond donors (Lipinski definition) is 1. The van der Waals surface area contributed by atoms with Crippen molar-refractivity contribution in [2.75, 3.05) is 20.1 Å². The van der Waals surface area contributed by atoms with E-state index in [2.05, 4.69) is 4.90 Å². The van der Waals surface area contributed by atoms with Gasteiger partial charge in [0.25, 0.3) is 0 Å². The maximum atomic E-state index is 11.2. The summed E-state index contributed by atoms with van der Waals surface area (Å²) in [6.07, 6.45) is 1.49. The Bertz CT molecular complexity index is 234. The molecule has 0 bridgehead atoms. The molecule has 1 aliphatic heterocycles. The molecule has 1 heterocycles. The summed E-state index contributed by atoms with van der Waals surface area (Å²) in [5, 5.41) is 8.39. The van der Waals surface area contributed by atoms with Crippen molar-refractivity contribution in [1.82, 2.24) is 4.90 Å². The van der Waals surface area contributed by atoms with Crippen molar-refractivity contribution in [2.24, 2.45) is 0 Å². The fourth-order valence-electron chi connectivity index (χ4n) is 1.56. The van der Waals surface area contributed by atoms with Crippen molar-refractivity contribution in [1.29, 1.82) is 0 Å². The molecule has 1 aliphatic rings. The fourth-order valence-corrected chi connectivity index (χ4v) is 1.56. The van der Waals surface area contributed by atoms with Crippen molar-refractivity contribution in [3.8, 4) is 0 Å². The summed E-state index contributed by atoms with van der Waals surface area (Å²) in [7, 11) is 2.03. The lowest BCUT2D eigenvalue weighted by Crippen LogP contribution is -2.35. The van der Waals surface area contributed by atoms with E-state index in [0.29, 0.717) is 0 Å². The van der Waals surface area contributed by atoms with E-state index < -0.39 is 11.9 Å². The molecule has 0 unspecified atom stereocenters. The second-order valence-electron chi connectivity index (χ2n) is 3.89. The van der Waals surface area contributed by atoms with Gasteiger partial charge in [0, 0.05) is 13.1 Å². The van der Waals surface area contributed by atoms with Gasteiger partial charge in [0.15, 0.2) is 0 Å². The third-order valence-corrected chi connectivity index (χ3v) is 2.51. The van der Waals surface area contributed by atoms with Crippen molar-refractivity contribution in [3.05, 3.63) is 0 Å². The van der Waals surface area contributed by atoms with Gasteiger partial charge >= 0.3 is 11.9 Å². The first-order valence-corrected chi connectivity index (χ1v) is 5.17. The summed E-state index contributed by atoms with van der Waals surface area (Å²) in [5.41, 5.74) is 0. The van der Waals surface area contributed by atoms with Gasteiger partial charge < -0.3 is 14.7 Å². The molecule has 5 heteroatoms. The number of carbonyl (C=O) groups is 2. The summed E-state index contributed by atoms with van der Waals surface area (Å²) in [6.45, 7) is 1.85. The molecule has 1 saturated heterocycles. The van der Waals surface area contributed by atoms with Crippen LogP contribution in [-0.4, -0.2) is 48.2 Å². The lowest BCUT2D eigenvalue weighted by Gasteiger charge is -2.28. The Morgan fingerprint density at radius 2 is 1.93 bits per heavy atom. The Balaban J connectivity index is 2.17. The number of esters is 1. The number of hydrogen-bond acceptors (Lipinski definition) is 4. The molecule has 0 atom stereocenters. The quantitative estimate of drug-likeness (QED) is 0.691. The zero-order chi connectivity index (χ0) is 11.3. The van der Waals surface area contributed by atoms with E-state index in [9.17, 15) is 9.59 Å². The highest BCUT2D eigenvalue weighted by molar-refractivity contribution is 5.76. The van der Waals surface area contributed by atoms with Gasteiger partial charge in [-0.05, 0) is 19.9 Å². The summed E-state index contributed by atoms with van der Waals surface area (Å²) >= 11 is 0. The number of carboxylic acid groups (broad SMARTS) is 1. The Hall–Kier alpha value is -1.10. The second-order valence-corrected chi connectivity index (χ2v) is 3.89. The van der Waals surface area contributed by atoms with Crippen LogP contribution >= 0.6 is 0 Å². The first-order chi connectivity index (χ1) is 7.08. The van der Waals surface area contributed by atoms with Crippen LogP contribution in [0.25, 0.3) is 0 Å². The monoisotopic (exact) mass is 215 g/mol. The van der Waals surface area contributed by atoms with E-state index in [0.717, 1.165) is 25.9 Å². The van der Waals surface area contributed by atoms with Crippen molar-refractivity contribution in [2.45, 2.75) is 31.8 Å². The van der Waals surface area contributed by atoms with E-state index in [1.807, 2.05) is 7.05 Å². The Kier molecular flexibility index (Phi) is 4.55. The van der Waals surface area contributed by atoms with Crippen LogP contribution in [-0.2, 0) is 14.3 Å². The van der Waals surface area contributed by atoms with E-state index >= 15 is 0 Å². The SMILES string of the molecule is CN1CCC(OC(=O)CCC(=O)O)CC1. The van der Waals surface area contributed by atoms with Crippen molar-refractivity contribution < 1.29 is 19.4 Å². The highest BCUT2D eigenvalue weighted by Gasteiger charge is 2.20. The molecule has 0 aromatic rings. The molecule has 0 aromatic carbocycles. The number of aliphatic carboxylic acids is 1. The van der Waals surface area contributed by atoms with Gasteiger partial charge in [0.1, 0.15) is 6.10 Å². The molecule has 1 fully saturated rings. The Labute approximate surface area is 89.0 Å². The smallest absolute Gasteiger partial charge is 0.306 e. The van der Waals surface area contributed by atoms with Gasteiger partial charge in [-0.15, -0.1) is 0 Å². The first kappa shape index (κ1) is 12.0. The average Bonchev–Trinajstić information content (AvgIpc) is 2.19. The molecule has 0 radical (unpaired) electrons. The number of rotatable bonds is 4. The Morgan fingerprint density at radius 1 is 1.33 bits per heavy atom. The lowest BCUT2D eigenvalue weighted by molar-refractivity contribution is -0.153. The van der Waals surface area contributed by atoms with Gasteiger partial charge in [-0.2, -0.15) is 0 Å². The molecule has 1 rings (SSSR count). The number of likely N-dealkylation sites (tertiary alicyclic amines) is 1. The number of piperidine rings is 1. The predicted molar refractivity (Wildman–Crippen MR) is 53.5 cm³/mol. The zero-order valence-corrected chi connectivity index (χ0v) is 8.94. The minimum absolute atomic E-state index is 0.0255. The molecule has 0 aromatic heterocycles. The number of ether oxygens (including phenoxy) is 1. The lowest BCUT2D eigenvalue weighted by atomic mass is 10.1. The third-order valence-electron chi connectivity index (χ3n) is 2.51. The van der Waals surface area contributed by atoms with Gasteiger partial charge in [0.05, 0.1) is 12.8 Å². The number of carbonyl (C=O) groups excluding carboxylic acids is 1. The van der Waals surface area contributed by atoms with Gasteiger partial charge in [-0.3, -0.25) is 9.59 Å². The molecule has 0 amide bonds. The van der Waals surface area contributed by atoms with Crippen LogP contribution in [0.2, 0.25) is 0 Å². The minimum Gasteiger partial charge on any atom is -0.481 e. The van der Waals surface area contributed by atoms with Crippen LogP contribution in [0.4, 0.5) is 0 Å². The van der Waals surface area contributed by atoms with Crippen LogP contribution in [0.1, 0.15) is 25.7 Å². The molecular formula is C10H17NO4. The molecule has 15 heavy (non-hydrogen) atoms. The van der Waals surface area contributed by atoms with Crippen molar-refractivity contribution in [3.63, 3.8) is 0 Å². The molecule has 0 aliphatic carbocycles. The predicted octanol–water partition coefficient (Wildman–Crippen LogP) is 0.489. The molecule has 0 saturated carbocycles. The Morgan fingerprint density at radius 3 is 2.47 bits per heavy atom. The average molecular weight is 215 g/mol. The number of nitrogens with zero attached hydrogens (tertiary/aromatic N) is 1. The van der Waals surface area contributed by atoms with Crippen LogP contribution in [0.3, 0.4) is 0 Å². The van der Waals surface area contributed by atoms with Crippen molar-refractivity contribution >= 4 is 11.9 Å². The second kappa shape index (κ2) is 5.70. The standard InChI is InChI=1S/C10H17NO4/c1-11-6-4-8(5-7-11)15-10(14)3-2-9(12)13/h8H,2-7H2,1H3,(H,12,13). The fraction of sp³-hybridized carbons (Fsp3) is 0.800. The van der Waals surface area contributed by atoms with Crippen LogP contribution < -0.4 is 0 Å². The van der Waals surface area contributed by atoms with Gasteiger partial charge in [-0.25, -0.2) is 0 Å². The number of carboxylic acids is 1. The van der Waals surface area contributed by atoms with E-state index in [1.165, 1.54) is 0 Å². The summed E-state index contributed by atoms with van der Waals surface area (Å²) in [5.74, 6) is -1.36. The molecular weight excluding hydrogens is 198 g/mol. The topological polar surface area (TPSA) is 66.8 Å². The third kappa shape index (κ3) is 4.78. The molecule has 86 valence electrons.